The fourth-order valence-electron chi connectivity index (χ4n) is 1.30. The van der Waals surface area contributed by atoms with Crippen molar-refractivity contribution in [3.8, 4) is 0 Å². The third kappa shape index (κ3) is 3.07. The fraction of sp³-hybridized carbons (Fsp3) is 0.455. The predicted octanol–water partition coefficient (Wildman–Crippen LogP) is 2.93. The smallest absolute Gasteiger partial charge is 0.162 e. The number of benzene rings is 1. The van der Waals surface area contributed by atoms with Crippen LogP contribution in [0.4, 0.5) is 8.78 Å². The lowest BCUT2D eigenvalue weighted by molar-refractivity contribution is 0.193. The highest BCUT2D eigenvalue weighted by molar-refractivity contribution is 5.18. The molecule has 0 spiro atoms. The van der Waals surface area contributed by atoms with Gasteiger partial charge in [-0.1, -0.05) is 12.1 Å². The number of hydrogen-bond acceptors (Lipinski definition) is 1. The first-order chi connectivity index (χ1) is 6.75. The first-order valence-electron chi connectivity index (χ1n) is 4.67. The molecule has 1 rings (SSSR count). The van der Waals surface area contributed by atoms with Gasteiger partial charge in [0.2, 0.25) is 0 Å². The molecule has 0 radical (unpaired) electrons. The van der Waals surface area contributed by atoms with E-state index in [0.717, 1.165) is 18.9 Å². The summed E-state index contributed by atoms with van der Waals surface area (Å²) in [5.41, 5.74) is 0.445. The first kappa shape index (κ1) is 11.1. The van der Waals surface area contributed by atoms with E-state index in [1.807, 2.05) is 0 Å². The van der Waals surface area contributed by atoms with Crippen molar-refractivity contribution in [2.75, 3.05) is 13.7 Å². The summed E-state index contributed by atoms with van der Waals surface area (Å²) in [6.07, 6.45) is 2.24. The maximum absolute atomic E-state index is 13.1. The van der Waals surface area contributed by atoms with Crippen LogP contribution in [-0.2, 0) is 11.2 Å². The topological polar surface area (TPSA) is 9.23 Å². The van der Waals surface area contributed by atoms with Crippen molar-refractivity contribution in [3.63, 3.8) is 0 Å². The zero-order valence-electron chi connectivity index (χ0n) is 8.22. The number of ether oxygens (including phenoxy) is 1. The summed E-state index contributed by atoms with van der Waals surface area (Å²) >= 11 is 0. The summed E-state index contributed by atoms with van der Waals surface area (Å²) in [5.74, 6) is -1.49. The molecule has 14 heavy (non-hydrogen) atoms. The second-order valence-corrected chi connectivity index (χ2v) is 3.16. The molecule has 1 aromatic carbocycles. The number of rotatable bonds is 5. The molecule has 0 amide bonds. The van der Waals surface area contributed by atoms with Gasteiger partial charge in [0.05, 0.1) is 0 Å². The summed E-state index contributed by atoms with van der Waals surface area (Å²) in [7, 11) is 1.63. The second-order valence-electron chi connectivity index (χ2n) is 3.16. The number of aryl methyl sites for hydroxylation is 1. The van der Waals surface area contributed by atoms with Crippen molar-refractivity contribution >= 4 is 0 Å². The number of hydrogen-bond donors (Lipinski definition) is 0. The lowest BCUT2D eigenvalue weighted by Gasteiger charge is -2.03. The molecule has 78 valence electrons. The Hall–Kier alpha value is -0.960. The van der Waals surface area contributed by atoms with E-state index >= 15 is 0 Å². The van der Waals surface area contributed by atoms with Crippen LogP contribution in [0.25, 0.3) is 0 Å². The quantitative estimate of drug-likeness (QED) is 0.664. The molecular weight excluding hydrogens is 186 g/mol. The van der Waals surface area contributed by atoms with E-state index in [2.05, 4.69) is 0 Å². The number of unbranched alkanes of at least 4 members (excludes halogenated alkanes) is 1. The summed E-state index contributed by atoms with van der Waals surface area (Å²) in [4.78, 5) is 0. The molecule has 0 atom stereocenters. The monoisotopic (exact) mass is 200 g/mol. The van der Waals surface area contributed by atoms with E-state index in [9.17, 15) is 8.78 Å². The van der Waals surface area contributed by atoms with Gasteiger partial charge < -0.3 is 4.74 Å². The van der Waals surface area contributed by atoms with Crippen molar-refractivity contribution in [1.82, 2.24) is 0 Å². The Morgan fingerprint density at radius 2 is 2.00 bits per heavy atom. The maximum Gasteiger partial charge on any atom is 0.162 e. The Morgan fingerprint density at radius 3 is 2.71 bits per heavy atom. The van der Waals surface area contributed by atoms with Crippen LogP contribution in [0.5, 0.6) is 0 Å². The Morgan fingerprint density at radius 1 is 1.21 bits per heavy atom. The zero-order valence-corrected chi connectivity index (χ0v) is 8.22. The van der Waals surface area contributed by atoms with Gasteiger partial charge in [-0.15, -0.1) is 0 Å². The molecule has 3 heteroatoms. The van der Waals surface area contributed by atoms with Gasteiger partial charge in [0.25, 0.3) is 0 Å². The standard InChI is InChI=1S/C11H14F2O/c1-14-8-3-2-5-9-6-4-7-10(12)11(9)13/h4,6-7H,2-3,5,8H2,1H3. The van der Waals surface area contributed by atoms with Crippen LogP contribution in [0.15, 0.2) is 18.2 Å². The van der Waals surface area contributed by atoms with E-state index < -0.39 is 11.6 Å². The summed E-state index contributed by atoms with van der Waals surface area (Å²) < 4.78 is 30.7. The average Bonchev–Trinajstić information content (AvgIpc) is 2.19. The van der Waals surface area contributed by atoms with E-state index in [1.165, 1.54) is 6.07 Å². The van der Waals surface area contributed by atoms with Crippen LogP contribution in [0.2, 0.25) is 0 Å². The number of methoxy groups -OCH3 is 1. The van der Waals surface area contributed by atoms with Gasteiger partial charge in [0.1, 0.15) is 0 Å². The summed E-state index contributed by atoms with van der Waals surface area (Å²) in [6.45, 7) is 0.664. The SMILES string of the molecule is COCCCCc1cccc(F)c1F. The van der Waals surface area contributed by atoms with E-state index in [4.69, 9.17) is 4.74 Å². The Balaban J connectivity index is 2.46. The van der Waals surface area contributed by atoms with Gasteiger partial charge in [-0.05, 0) is 30.9 Å². The highest BCUT2D eigenvalue weighted by Crippen LogP contribution is 2.13. The molecule has 0 N–H and O–H groups in total. The van der Waals surface area contributed by atoms with Gasteiger partial charge in [-0.2, -0.15) is 0 Å². The molecule has 0 bridgehead atoms. The molecule has 1 aromatic rings. The predicted molar refractivity (Wildman–Crippen MR) is 51.2 cm³/mol. The van der Waals surface area contributed by atoms with Gasteiger partial charge >= 0.3 is 0 Å². The molecule has 0 saturated carbocycles. The molecule has 0 saturated heterocycles. The molecule has 0 unspecified atom stereocenters. The van der Waals surface area contributed by atoms with E-state index in [1.54, 1.807) is 13.2 Å². The molecule has 0 fully saturated rings. The summed E-state index contributed by atoms with van der Waals surface area (Å²) in [5, 5.41) is 0. The Labute approximate surface area is 82.7 Å². The zero-order chi connectivity index (χ0) is 10.4. The van der Waals surface area contributed by atoms with Gasteiger partial charge in [0.15, 0.2) is 11.6 Å². The third-order valence-electron chi connectivity index (χ3n) is 2.08. The first-order valence-corrected chi connectivity index (χ1v) is 4.67. The fourth-order valence-corrected chi connectivity index (χ4v) is 1.30. The maximum atomic E-state index is 13.1. The minimum atomic E-state index is -0.769. The van der Waals surface area contributed by atoms with Crippen molar-refractivity contribution < 1.29 is 13.5 Å². The van der Waals surface area contributed by atoms with Crippen LogP contribution in [0.1, 0.15) is 18.4 Å². The normalized spacial score (nSPS) is 10.5. The molecule has 1 nitrogen and oxygen atoms in total. The molecule has 0 aliphatic rings. The largest absolute Gasteiger partial charge is 0.385 e. The highest BCUT2D eigenvalue weighted by Gasteiger charge is 2.06. The molecule has 0 aliphatic heterocycles. The van der Waals surface area contributed by atoms with Crippen molar-refractivity contribution in [1.29, 1.82) is 0 Å². The van der Waals surface area contributed by atoms with Gasteiger partial charge in [0, 0.05) is 13.7 Å². The minimum Gasteiger partial charge on any atom is -0.385 e. The van der Waals surface area contributed by atoms with Crippen molar-refractivity contribution in [2.45, 2.75) is 19.3 Å². The number of halogens is 2. The van der Waals surface area contributed by atoms with Gasteiger partial charge in [-0.3, -0.25) is 0 Å². The van der Waals surface area contributed by atoms with Crippen LogP contribution in [-0.4, -0.2) is 13.7 Å². The van der Waals surface area contributed by atoms with E-state index in [-0.39, 0.29) is 0 Å². The molecule has 0 heterocycles. The lowest BCUT2D eigenvalue weighted by Crippen LogP contribution is -1.96. The minimum absolute atomic E-state index is 0.445. The summed E-state index contributed by atoms with van der Waals surface area (Å²) in [6, 6.07) is 4.28. The molecule has 0 aliphatic carbocycles. The third-order valence-corrected chi connectivity index (χ3v) is 2.08. The molecule has 0 aromatic heterocycles. The Kier molecular flexibility index (Phi) is 4.53. The van der Waals surface area contributed by atoms with Crippen molar-refractivity contribution in [2.24, 2.45) is 0 Å². The van der Waals surface area contributed by atoms with Crippen LogP contribution in [0, 0.1) is 11.6 Å². The van der Waals surface area contributed by atoms with Crippen molar-refractivity contribution in [3.05, 3.63) is 35.4 Å². The van der Waals surface area contributed by atoms with Crippen LogP contribution in [0.3, 0.4) is 0 Å². The second kappa shape index (κ2) is 5.70. The Bertz CT molecular complexity index is 287. The highest BCUT2D eigenvalue weighted by atomic mass is 19.2. The average molecular weight is 200 g/mol. The lowest BCUT2D eigenvalue weighted by atomic mass is 10.1. The van der Waals surface area contributed by atoms with E-state index in [0.29, 0.717) is 18.6 Å². The van der Waals surface area contributed by atoms with Crippen LogP contribution < -0.4 is 0 Å². The van der Waals surface area contributed by atoms with Gasteiger partial charge in [-0.25, -0.2) is 8.78 Å². The van der Waals surface area contributed by atoms with Crippen LogP contribution >= 0.6 is 0 Å². The molecular formula is C11H14F2O.